The number of likely N-dealkylation sites (tertiary alicyclic amines) is 2. The molecule has 5 unspecified atom stereocenters. The first kappa shape index (κ1) is 28.9. The van der Waals surface area contributed by atoms with E-state index in [2.05, 4.69) is 20.9 Å². The van der Waals surface area contributed by atoms with Gasteiger partial charge in [-0.15, -0.1) is 11.6 Å². The van der Waals surface area contributed by atoms with Crippen molar-refractivity contribution in [1.82, 2.24) is 25.8 Å². The maximum Gasteiger partial charge on any atom is 0.272 e. The summed E-state index contributed by atoms with van der Waals surface area (Å²) in [5, 5.41) is 10.4. The van der Waals surface area contributed by atoms with Gasteiger partial charge in [-0.25, -0.2) is 8.78 Å². The number of nitrogens with one attached hydrogen (secondary N) is 3. The Morgan fingerprint density at radius 1 is 1.00 bits per heavy atom. The Hall–Kier alpha value is -0.620. The van der Waals surface area contributed by atoms with Crippen LogP contribution in [-0.4, -0.2) is 103 Å². The molecule has 1 saturated carbocycles. The van der Waals surface area contributed by atoms with E-state index in [-0.39, 0.29) is 54.0 Å². The Labute approximate surface area is 231 Å². The second-order valence-corrected chi connectivity index (χ2v) is 13.5. The molecule has 0 bridgehead atoms. The molecule has 1 spiro atoms. The fourth-order valence-electron chi connectivity index (χ4n) is 8.04. The molecule has 7 N–H and O–H groups in total. The standard InChI is InChI=1S/C27H48ClF2N7O/c28-18-3-9-26(7-1-2-8-26)13-20(34-14-18)23(24(31)32)25(38)35-21-15-33-10-4-22(21)36-11-5-19(6-12-36)37-16-27(29,30)17-37/h18-24,33-34H,1-17,31-32H2,(H,35,38). The van der Waals surface area contributed by atoms with Gasteiger partial charge in [-0.05, 0) is 63.3 Å². The highest BCUT2D eigenvalue weighted by molar-refractivity contribution is 6.20. The van der Waals surface area contributed by atoms with Gasteiger partial charge in [0, 0.05) is 49.7 Å². The molecule has 218 valence electrons. The number of carbonyl (C=O) groups excluding carboxylic acids is 1. The van der Waals surface area contributed by atoms with Crippen LogP contribution in [0.25, 0.3) is 0 Å². The Morgan fingerprint density at radius 3 is 2.37 bits per heavy atom. The van der Waals surface area contributed by atoms with Crippen molar-refractivity contribution in [2.75, 3.05) is 45.8 Å². The van der Waals surface area contributed by atoms with Crippen LogP contribution in [0.15, 0.2) is 0 Å². The summed E-state index contributed by atoms with van der Waals surface area (Å²) in [4.78, 5) is 18.2. The zero-order chi connectivity index (χ0) is 26.9. The van der Waals surface area contributed by atoms with Gasteiger partial charge in [0.15, 0.2) is 0 Å². The van der Waals surface area contributed by atoms with Crippen LogP contribution in [0.3, 0.4) is 0 Å². The number of halogens is 3. The Kier molecular flexibility index (Phi) is 9.19. The van der Waals surface area contributed by atoms with Gasteiger partial charge >= 0.3 is 0 Å². The van der Waals surface area contributed by atoms with E-state index in [9.17, 15) is 13.6 Å². The van der Waals surface area contributed by atoms with E-state index in [0.717, 1.165) is 58.2 Å². The van der Waals surface area contributed by atoms with E-state index >= 15 is 0 Å². The van der Waals surface area contributed by atoms with E-state index in [0.29, 0.717) is 13.1 Å². The van der Waals surface area contributed by atoms with Gasteiger partial charge in [0.1, 0.15) is 0 Å². The number of carbonyl (C=O) groups is 1. The Balaban J connectivity index is 1.22. The van der Waals surface area contributed by atoms with E-state index in [1.165, 1.54) is 25.7 Å². The summed E-state index contributed by atoms with van der Waals surface area (Å²) < 4.78 is 26.7. The molecule has 11 heteroatoms. The van der Waals surface area contributed by atoms with Gasteiger partial charge in [0.05, 0.1) is 31.2 Å². The fourth-order valence-corrected chi connectivity index (χ4v) is 8.24. The van der Waals surface area contributed by atoms with E-state index in [1.54, 1.807) is 0 Å². The Bertz CT molecular complexity index is 798. The van der Waals surface area contributed by atoms with Gasteiger partial charge in [-0.3, -0.25) is 14.6 Å². The van der Waals surface area contributed by atoms with Gasteiger partial charge in [-0.1, -0.05) is 12.8 Å². The highest BCUT2D eigenvalue weighted by Gasteiger charge is 2.48. The predicted molar refractivity (Wildman–Crippen MR) is 146 cm³/mol. The lowest BCUT2D eigenvalue weighted by molar-refractivity contribution is -0.152. The molecule has 8 nitrogen and oxygen atoms in total. The van der Waals surface area contributed by atoms with Crippen LogP contribution < -0.4 is 27.4 Å². The molecule has 0 aromatic carbocycles. The molecule has 1 amide bonds. The normalized spacial score (nSPS) is 35.9. The lowest BCUT2D eigenvalue weighted by Gasteiger charge is -2.49. The van der Waals surface area contributed by atoms with Crippen molar-refractivity contribution in [2.45, 2.75) is 106 Å². The average Bonchev–Trinajstić information content (AvgIpc) is 3.33. The van der Waals surface area contributed by atoms with Crippen molar-refractivity contribution in [3.63, 3.8) is 0 Å². The van der Waals surface area contributed by atoms with Crippen molar-refractivity contribution >= 4 is 17.5 Å². The molecule has 1 aliphatic carbocycles. The SMILES string of the molecule is NC(N)C(C(=O)NC1CNCCC1N1CCC(N2CC(F)(F)C2)CC1)C1CC2(CCCC2)CCC(Cl)CN1. The lowest BCUT2D eigenvalue weighted by atomic mass is 9.72. The first-order valence-electron chi connectivity index (χ1n) is 14.9. The maximum atomic E-state index is 13.8. The molecule has 0 aromatic rings. The molecule has 4 aliphatic heterocycles. The van der Waals surface area contributed by atoms with Crippen LogP contribution in [0.4, 0.5) is 8.78 Å². The minimum Gasteiger partial charge on any atom is -0.350 e. The molecule has 5 atom stereocenters. The quantitative estimate of drug-likeness (QED) is 0.247. The topological polar surface area (TPSA) is 112 Å². The third kappa shape index (κ3) is 6.64. The number of piperidine rings is 2. The molecule has 5 fully saturated rings. The smallest absolute Gasteiger partial charge is 0.272 e. The van der Waals surface area contributed by atoms with Crippen molar-refractivity contribution in [3.05, 3.63) is 0 Å². The number of nitrogens with two attached hydrogens (primary N) is 2. The van der Waals surface area contributed by atoms with Crippen LogP contribution in [0.1, 0.15) is 64.2 Å². The van der Waals surface area contributed by atoms with Crippen LogP contribution >= 0.6 is 11.6 Å². The molecule has 4 heterocycles. The molecule has 4 saturated heterocycles. The summed E-state index contributed by atoms with van der Waals surface area (Å²) in [6.45, 7) is 3.79. The van der Waals surface area contributed by atoms with Gasteiger partial charge in [0.25, 0.3) is 5.92 Å². The maximum absolute atomic E-state index is 13.8. The second kappa shape index (κ2) is 12.1. The molecule has 0 aromatic heterocycles. The highest BCUT2D eigenvalue weighted by atomic mass is 35.5. The van der Waals surface area contributed by atoms with Crippen LogP contribution in [0.5, 0.6) is 0 Å². The summed E-state index contributed by atoms with van der Waals surface area (Å²) in [7, 11) is 0. The highest BCUT2D eigenvalue weighted by Crippen LogP contribution is 2.47. The van der Waals surface area contributed by atoms with Crippen molar-refractivity contribution in [1.29, 1.82) is 0 Å². The van der Waals surface area contributed by atoms with Crippen LogP contribution in [0, 0.1) is 11.3 Å². The number of amides is 1. The molecular formula is C27H48ClF2N7O. The van der Waals surface area contributed by atoms with E-state index < -0.39 is 18.0 Å². The van der Waals surface area contributed by atoms with E-state index in [1.807, 2.05) is 4.90 Å². The number of hydrogen-bond acceptors (Lipinski definition) is 7. The first-order chi connectivity index (χ1) is 18.1. The summed E-state index contributed by atoms with van der Waals surface area (Å²) in [5.41, 5.74) is 12.8. The molecule has 0 radical (unpaired) electrons. The first-order valence-corrected chi connectivity index (χ1v) is 15.3. The zero-order valence-electron chi connectivity index (χ0n) is 22.7. The summed E-state index contributed by atoms with van der Waals surface area (Å²) >= 11 is 6.62. The summed E-state index contributed by atoms with van der Waals surface area (Å²) in [6.07, 6.45) is 9.81. The molecule has 5 aliphatic rings. The third-order valence-corrected chi connectivity index (χ3v) is 10.6. The second-order valence-electron chi connectivity index (χ2n) is 12.9. The predicted octanol–water partition coefficient (Wildman–Crippen LogP) is 1.42. The molecular weight excluding hydrogens is 512 g/mol. The van der Waals surface area contributed by atoms with Gasteiger partial charge in [0.2, 0.25) is 5.91 Å². The fraction of sp³-hybridized carbons (Fsp3) is 0.963. The van der Waals surface area contributed by atoms with Gasteiger partial charge in [-0.2, -0.15) is 0 Å². The third-order valence-electron chi connectivity index (χ3n) is 10.2. The summed E-state index contributed by atoms with van der Waals surface area (Å²) in [6, 6.07) is 0.304. The van der Waals surface area contributed by atoms with Crippen LogP contribution in [-0.2, 0) is 4.79 Å². The molecule has 38 heavy (non-hydrogen) atoms. The van der Waals surface area contributed by atoms with Crippen molar-refractivity contribution in [3.8, 4) is 0 Å². The lowest BCUT2D eigenvalue weighted by Crippen LogP contribution is -2.66. The molecule has 5 rings (SSSR count). The van der Waals surface area contributed by atoms with Crippen molar-refractivity contribution < 1.29 is 13.6 Å². The van der Waals surface area contributed by atoms with Crippen molar-refractivity contribution in [2.24, 2.45) is 22.8 Å². The van der Waals surface area contributed by atoms with E-state index in [4.69, 9.17) is 23.1 Å². The number of alkyl halides is 3. The minimum absolute atomic E-state index is 0.0443. The Morgan fingerprint density at radius 2 is 1.71 bits per heavy atom. The zero-order valence-corrected chi connectivity index (χ0v) is 23.4. The average molecular weight is 560 g/mol. The summed E-state index contributed by atoms with van der Waals surface area (Å²) in [5.74, 6) is -3.13. The largest absolute Gasteiger partial charge is 0.350 e. The van der Waals surface area contributed by atoms with Gasteiger partial charge < -0.3 is 27.4 Å². The minimum atomic E-state index is -2.52. The monoisotopic (exact) mass is 559 g/mol. The number of rotatable bonds is 6. The number of hydrogen-bond donors (Lipinski definition) is 5. The van der Waals surface area contributed by atoms with Crippen LogP contribution in [0.2, 0.25) is 0 Å². The number of nitrogens with zero attached hydrogens (tertiary/aromatic N) is 2.